The number of carbonyl (C=O) groups excluding carboxylic acids is 2. The minimum atomic E-state index is -4.58. The van der Waals surface area contributed by atoms with Crippen molar-refractivity contribution in [1.82, 2.24) is 4.98 Å². The van der Waals surface area contributed by atoms with E-state index < -0.39 is 23.6 Å². The Kier molecular flexibility index (Phi) is 6.77. The summed E-state index contributed by atoms with van der Waals surface area (Å²) in [6, 6.07) is 13.1. The van der Waals surface area contributed by atoms with Crippen LogP contribution in [0.3, 0.4) is 0 Å². The van der Waals surface area contributed by atoms with Crippen molar-refractivity contribution in [1.29, 1.82) is 0 Å². The van der Waals surface area contributed by atoms with Gasteiger partial charge in [-0.15, -0.1) is 0 Å². The van der Waals surface area contributed by atoms with Gasteiger partial charge in [-0.05, 0) is 48.7 Å². The Hall–Kier alpha value is -3.88. The van der Waals surface area contributed by atoms with Gasteiger partial charge in [0.05, 0.1) is 29.3 Å². The third-order valence-corrected chi connectivity index (χ3v) is 6.03. The van der Waals surface area contributed by atoms with E-state index in [9.17, 15) is 22.8 Å². The molecule has 0 radical (unpaired) electrons. The first-order valence-corrected chi connectivity index (χ1v) is 11.2. The van der Waals surface area contributed by atoms with Gasteiger partial charge in [-0.1, -0.05) is 24.3 Å². The molecule has 2 N–H and O–H groups in total. The molecule has 182 valence electrons. The van der Waals surface area contributed by atoms with Crippen molar-refractivity contribution < 1.29 is 22.8 Å². The number of anilines is 3. The molecule has 1 saturated heterocycles. The molecule has 35 heavy (non-hydrogen) atoms. The largest absolute Gasteiger partial charge is 0.417 e. The van der Waals surface area contributed by atoms with E-state index in [0.29, 0.717) is 36.4 Å². The monoisotopic (exact) mass is 482 g/mol. The van der Waals surface area contributed by atoms with Crippen molar-refractivity contribution >= 4 is 28.9 Å². The number of rotatable bonds is 5. The van der Waals surface area contributed by atoms with E-state index in [-0.39, 0.29) is 22.7 Å². The number of pyridine rings is 1. The van der Waals surface area contributed by atoms with Gasteiger partial charge in [0.15, 0.2) is 0 Å². The Morgan fingerprint density at radius 1 is 1.06 bits per heavy atom. The third kappa shape index (κ3) is 5.45. The molecule has 0 aliphatic carbocycles. The van der Waals surface area contributed by atoms with E-state index in [2.05, 4.69) is 15.6 Å². The Bertz CT molecular complexity index is 1250. The number of nitrogens with zero attached hydrogens (tertiary/aromatic N) is 2. The molecule has 0 bridgehead atoms. The van der Waals surface area contributed by atoms with Gasteiger partial charge in [-0.2, -0.15) is 13.2 Å². The van der Waals surface area contributed by atoms with Crippen molar-refractivity contribution in [3.63, 3.8) is 0 Å². The first kappa shape index (κ1) is 24.3. The molecular weight excluding hydrogens is 457 g/mol. The fourth-order valence-corrected chi connectivity index (χ4v) is 4.52. The van der Waals surface area contributed by atoms with E-state index >= 15 is 0 Å². The lowest BCUT2D eigenvalue weighted by Crippen LogP contribution is -2.23. The molecule has 2 aromatic carbocycles. The van der Waals surface area contributed by atoms with E-state index in [4.69, 9.17) is 0 Å². The highest BCUT2D eigenvalue weighted by molar-refractivity contribution is 6.04. The maximum Gasteiger partial charge on any atom is 0.417 e. The van der Waals surface area contributed by atoms with Gasteiger partial charge in [0.25, 0.3) is 5.91 Å². The maximum atomic E-state index is 14.2. The Morgan fingerprint density at radius 3 is 2.49 bits per heavy atom. The normalized spacial score (nSPS) is 15.7. The molecule has 4 rings (SSSR count). The molecular formula is C26H25F3N4O2. The zero-order valence-corrected chi connectivity index (χ0v) is 19.3. The first-order valence-electron chi connectivity index (χ1n) is 11.2. The highest BCUT2D eigenvalue weighted by Crippen LogP contribution is 2.44. The van der Waals surface area contributed by atoms with Crippen molar-refractivity contribution in [2.45, 2.75) is 32.4 Å². The molecule has 1 atom stereocenters. The summed E-state index contributed by atoms with van der Waals surface area (Å²) >= 11 is 0. The van der Waals surface area contributed by atoms with Crippen molar-refractivity contribution in [2.24, 2.45) is 0 Å². The zero-order valence-electron chi connectivity index (χ0n) is 19.3. The number of hydrogen-bond donors (Lipinski definition) is 2. The number of alkyl halides is 3. The maximum absolute atomic E-state index is 14.2. The second-order valence-corrected chi connectivity index (χ2v) is 8.58. The van der Waals surface area contributed by atoms with Crippen molar-refractivity contribution in [2.75, 3.05) is 28.6 Å². The fourth-order valence-electron chi connectivity index (χ4n) is 4.52. The quantitative estimate of drug-likeness (QED) is 0.496. The van der Waals surface area contributed by atoms with Gasteiger partial charge >= 0.3 is 6.18 Å². The molecule has 2 amide bonds. The highest BCUT2D eigenvalue weighted by atomic mass is 19.4. The molecule has 3 aromatic rings. The number of nitrogens with one attached hydrogen (secondary N) is 2. The standard InChI is InChI=1S/C26H25F3N4O2/c1-16-8-9-22(32-25(35)18-6-4-3-5-7-18)23(24(16)26(27,28)29)19-10-11-33(15-19)21-12-20(13-30-14-21)31-17(2)34/h3-9,12-14,19H,10-11,15H2,1-2H3,(H,31,34)(H,32,35)/t19-/m1/s1. The summed E-state index contributed by atoms with van der Waals surface area (Å²) in [6.45, 7) is 3.64. The molecule has 9 heteroatoms. The molecule has 0 spiro atoms. The van der Waals surface area contributed by atoms with Gasteiger partial charge in [-0.3, -0.25) is 14.6 Å². The third-order valence-electron chi connectivity index (χ3n) is 6.03. The Morgan fingerprint density at radius 2 is 1.80 bits per heavy atom. The SMILES string of the molecule is CC(=O)Nc1cncc(N2CC[C@@H](c3c(NC(=O)c4ccccc4)ccc(C)c3C(F)(F)F)C2)c1. The Balaban J connectivity index is 1.68. The average molecular weight is 483 g/mol. The second-order valence-electron chi connectivity index (χ2n) is 8.58. The Labute approximate surface area is 201 Å². The molecule has 6 nitrogen and oxygen atoms in total. The van der Waals surface area contributed by atoms with Crippen LogP contribution in [0.4, 0.5) is 30.2 Å². The van der Waals surface area contributed by atoms with Crippen LogP contribution in [0.25, 0.3) is 0 Å². The molecule has 0 saturated carbocycles. The van der Waals surface area contributed by atoms with Crippen LogP contribution in [-0.4, -0.2) is 29.9 Å². The van der Waals surface area contributed by atoms with Gasteiger partial charge in [-0.25, -0.2) is 0 Å². The molecule has 1 aliphatic rings. The molecule has 1 fully saturated rings. The van der Waals surface area contributed by atoms with E-state index in [0.717, 1.165) is 0 Å². The van der Waals surface area contributed by atoms with Crippen LogP contribution in [0.2, 0.25) is 0 Å². The topological polar surface area (TPSA) is 74.3 Å². The minimum Gasteiger partial charge on any atom is -0.370 e. The lowest BCUT2D eigenvalue weighted by molar-refractivity contribution is -0.138. The van der Waals surface area contributed by atoms with Crippen LogP contribution >= 0.6 is 0 Å². The summed E-state index contributed by atoms with van der Waals surface area (Å²) in [4.78, 5) is 30.3. The molecule has 2 heterocycles. The number of hydrogen-bond acceptors (Lipinski definition) is 4. The average Bonchev–Trinajstić information content (AvgIpc) is 3.29. The van der Waals surface area contributed by atoms with Gasteiger partial charge < -0.3 is 15.5 Å². The number of benzene rings is 2. The number of halogens is 3. The van der Waals surface area contributed by atoms with Crippen molar-refractivity contribution in [3.8, 4) is 0 Å². The number of carbonyl (C=O) groups is 2. The van der Waals surface area contributed by atoms with E-state index in [1.807, 2.05) is 4.90 Å². The fraction of sp³-hybridized carbons (Fsp3) is 0.269. The van der Waals surface area contributed by atoms with Crippen molar-refractivity contribution in [3.05, 3.63) is 83.2 Å². The second kappa shape index (κ2) is 9.77. The molecule has 0 unspecified atom stereocenters. The van der Waals surface area contributed by atoms with Crippen LogP contribution < -0.4 is 15.5 Å². The molecule has 1 aromatic heterocycles. The van der Waals surface area contributed by atoms with Crippen LogP contribution in [-0.2, 0) is 11.0 Å². The number of aryl methyl sites for hydroxylation is 1. The van der Waals surface area contributed by atoms with Gasteiger partial charge in [0.1, 0.15) is 0 Å². The first-order chi connectivity index (χ1) is 16.6. The van der Waals surface area contributed by atoms with Crippen LogP contribution in [0, 0.1) is 6.92 Å². The summed E-state index contributed by atoms with van der Waals surface area (Å²) in [5.74, 6) is -1.18. The van der Waals surface area contributed by atoms with E-state index in [1.165, 1.54) is 26.1 Å². The lowest BCUT2D eigenvalue weighted by Gasteiger charge is -2.25. The van der Waals surface area contributed by atoms with Crippen LogP contribution in [0.1, 0.15) is 46.3 Å². The summed E-state index contributed by atoms with van der Waals surface area (Å²) in [5, 5.41) is 5.38. The van der Waals surface area contributed by atoms with Gasteiger partial charge in [0, 0.05) is 37.2 Å². The van der Waals surface area contributed by atoms with E-state index in [1.54, 1.807) is 48.7 Å². The van der Waals surface area contributed by atoms with Crippen LogP contribution in [0.15, 0.2) is 60.9 Å². The zero-order chi connectivity index (χ0) is 25.2. The predicted octanol–water partition coefficient (Wildman–Crippen LogP) is 5.61. The van der Waals surface area contributed by atoms with Gasteiger partial charge in [0.2, 0.25) is 5.91 Å². The number of amides is 2. The smallest absolute Gasteiger partial charge is 0.370 e. The minimum absolute atomic E-state index is 0.0928. The molecule has 1 aliphatic heterocycles. The summed E-state index contributed by atoms with van der Waals surface area (Å²) in [6.07, 6.45) is -0.983. The predicted molar refractivity (Wildman–Crippen MR) is 129 cm³/mol. The van der Waals surface area contributed by atoms with Crippen LogP contribution in [0.5, 0.6) is 0 Å². The highest BCUT2D eigenvalue weighted by Gasteiger charge is 2.40. The summed E-state index contributed by atoms with van der Waals surface area (Å²) in [7, 11) is 0. The lowest BCUT2D eigenvalue weighted by atomic mass is 9.88. The summed E-state index contributed by atoms with van der Waals surface area (Å²) < 4.78 is 42.7. The number of aromatic nitrogens is 1. The summed E-state index contributed by atoms with van der Waals surface area (Å²) in [5.41, 5.74) is 1.24.